The Balaban J connectivity index is 2.07. The number of nitrogens with zero attached hydrogens (tertiary/aromatic N) is 1. The molecule has 0 aliphatic carbocycles. The predicted octanol–water partition coefficient (Wildman–Crippen LogP) is 2.38. The number of likely N-dealkylation sites (tertiary alicyclic amines) is 1. The summed E-state index contributed by atoms with van der Waals surface area (Å²) in [4.78, 5) is 25.9. The molecular weight excluding hydrogens is 282 g/mol. The summed E-state index contributed by atoms with van der Waals surface area (Å²) in [5.41, 5.74) is 0.399. The highest BCUT2D eigenvalue weighted by molar-refractivity contribution is 5.97. The van der Waals surface area contributed by atoms with E-state index in [2.05, 4.69) is 0 Å². The van der Waals surface area contributed by atoms with Crippen LogP contribution < -0.4 is 4.74 Å². The molecule has 120 valence electrons. The first-order valence-corrected chi connectivity index (χ1v) is 7.39. The molecular formula is C17H23NO4. The van der Waals surface area contributed by atoms with Crippen LogP contribution in [-0.4, -0.2) is 35.5 Å². The van der Waals surface area contributed by atoms with Crippen molar-refractivity contribution in [3.05, 3.63) is 29.8 Å². The highest BCUT2D eigenvalue weighted by Crippen LogP contribution is 2.30. The molecule has 0 bridgehead atoms. The van der Waals surface area contributed by atoms with E-state index in [-0.39, 0.29) is 17.8 Å². The second-order valence-electron chi connectivity index (χ2n) is 6.58. The van der Waals surface area contributed by atoms with Gasteiger partial charge in [0, 0.05) is 6.54 Å². The van der Waals surface area contributed by atoms with E-state index in [9.17, 15) is 9.59 Å². The zero-order valence-electron chi connectivity index (χ0n) is 13.8. The molecule has 0 radical (unpaired) electrons. The van der Waals surface area contributed by atoms with E-state index in [0.717, 1.165) is 11.3 Å². The number of ether oxygens (including phenoxy) is 2. The van der Waals surface area contributed by atoms with E-state index >= 15 is 0 Å². The van der Waals surface area contributed by atoms with Gasteiger partial charge in [0.1, 0.15) is 17.4 Å². The van der Waals surface area contributed by atoms with E-state index in [0.29, 0.717) is 6.54 Å². The summed E-state index contributed by atoms with van der Waals surface area (Å²) < 4.78 is 10.5. The predicted molar refractivity (Wildman–Crippen MR) is 82.3 cm³/mol. The number of carbonyl (C=O) groups is 2. The molecule has 5 heteroatoms. The fourth-order valence-electron chi connectivity index (χ4n) is 2.52. The number of hydrogen-bond acceptors (Lipinski definition) is 4. The van der Waals surface area contributed by atoms with Crippen LogP contribution in [-0.2, 0) is 20.9 Å². The van der Waals surface area contributed by atoms with Crippen molar-refractivity contribution in [1.82, 2.24) is 4.90 Å². The Morgan fingerprint density at radius 1 is 1.23 bits per heavy atom. The Labute approximate surface area is 131 Å². The quantitative estimate of drug-likeness (QED) is 0.633. The molecule has 1 heterocycles. The lowest BCUT2D eigenvalue weighted by Crippen LogP contribution is -2.63. The second-order valence-corrected chi connectivity index (χ2v) is 6.58. The number of amides is 1. The molecule has 2 atom stereocenters. The summed E-state index contributed by atoms with van der Waals surface area (Å²) >= 11 is 0. The molecule has 0 aromatic heterocycles. The van der Waals surface area contributed by atoms with Crippen LogP contribution in [0.2, 0.25) is 0 Å². The first-order chi connectivity index (χ1) is 10.2. The van der Waals surface area contributed by atoms with Crippen molar-refractivity contribution in [2.24, 2.45) is 5.92 Å². The number of hydrogen-bond donors (Lipinski definition) is 0. The maximum Gasteiger partial charge on any atom is 0.330 e. The van der Waals surface area contributed by atoms with Gasteiger partial charge in [-0.2, -0.15) is 0 Å². The van der Waals surface area contributed by atoms with E-state index in [1.165, 1.54) is 0 Å². The average molecular weight is 305 g/mol. The van der Waals surface area contributed by atoms with Gasteiger partial charge < -0.3 is 14.4 Å². The Morgan fingerprint density at radius 2 is 1.82 bits per heavy atom. The molecule has 1 fully saturated rings. The van der Waals surface area contributed by atoms with Gasteiger partial charge in [-0.05, 0) is 38.5 Å². The molecule has 2 rings (SSSR count). The van der Waals surface area contributed by atoms with Crippen LogP contribution in [0.1, 0.15) is 33.3 Å². The maximum absolute atomic E-state index is 12.3. The fourth-order valence-corrected chi connectivity index (χ4v) is 2.52. The summed E-state index contributed by atoms with van der Waals surface area (Å²) in [5, 5.41) is 0. The number of β-lactam (4-membered cyclic amide) rings is 1. The summed E-state index contributed by atoms with van der Waals surface area (Å²) in [6, 6.07) is 6.95. The average Bonchev–Trinajstić information content (AvgIpc) is 2.45. The van der Waals surface area contributed by atoms with Crippen molar-refractivity contribution >= 4 is 11.9 Å². The summed E-state index contributed by atoms with van der Waals surface area (Å²) in [7, 11) is 1.61. The third-order valence-electron chi connectivity index (χ3n) is 3.64. The molecule has 0 saturated carbocycles. The van der Waals surface area contributed by atoms with Gasteiger partial charge in [-0.3, -0.25) is 4.79 Å². The van der Waals surface area contributed by atoms with Crippen LogP contribution >= 0.6 is 0 Å². The second kappa shape index (κ2) is 5.99. The standard InChI is InChI=1S/C17H23NO4/c1-11-14(16(20)22-17(2,3)4)18(15(11)19)10-12-6-8-13(21-5)9-7-12/h6-9,11,14H,10H2,1-5H3/t11-,14-/m0/s1. The topological polar surface area (TPSA) is 55.8 Å². The largest absolute Gasteiger partial charge is 0.497 e. The number of benzene rings is 1. The molecule has 22 heavy (non-hydrogen) atoms. The third-order valence-corrected chi connectivity index (χ3v) is 3.64. The first-order valence-electron chi connectivity index (χ1n) is 7.39. The van der Waals surface area contributed by atoms with E-state index in [4.69, 9.17) is 9.47 Å². The Hall–Kier alpha value is -2.04. The van der Waals surface area contributed by atoms with Crippen molar-refractivity contribution in [2.75, 3.05) is 7.11 Å². The van der Waals surface area contributed by atoms with Gasteiger partial charge in [-0.15, -0.1) is 0 Å². The van der Waals surface area contributed by atoms with Crippen molar-refractivity contribution in [3.8, 4) is 5.75 Å². The summed E-state index contributed by atoms with van der Waals surface area (Å²) in [5.74, 6) is 0.0728. The zero-order chi connectivity index (χ0) is 16.5. The minimum atomic E-state index is -0.554. The van der Waals surface area contributed by atoms with E-state index < -0.39 is 11.6 Å². The van der Waals surface area contributed by atoms with Gasteiger partial charge in [0.05, 0.1) is 13.0 Å². The highest BCUT2D eigenvalue weighted by atomic mass is 16.6. The van der Waals surface area contributed by atoms with Crippen molar-refractivity contribution in [1.29, 1.82) is 0 Å². The number of esters is 1. The molecule has 5 nitrogen and oxygen atoms in total. The summed E-state index contributed by atoms with van der Waals surface area (Å²) in [6.07, 6.45) is 0. The smallest absolute Gasteiger partial charge is 0.330 e. The van der Waals surface area contributed by atoms with Crippen LogP contribution in [0.15, 0.2) is 24.3 Å². The Morgan fingerprint density at radius 3 is 2.32 bits per heavy atom. The minimum Gasteiger partial charge on any atom is -0.497 e. The highest BCUT2D eigenvalue weighted by Gasteiger charge is 2.50. The molecule has 1 aliphatic heterocycles. The zero-order valence-corrected chi connectivity index (χ0v) is 13.8. The fraction of sp³-hybridized carbons (Fsp3) is 0.529. The molecule has 1 saturated heterocycles. The minimum absolute atomic E-state index is 0.0216. The van der Waals surface area contributed by atoms with Crippen molar-refractivity contribution < 1.29 is 19.1 Å². The molecule has 1 amide bonds. The third kappa shape index (κ3) is 3.40. The van der Waals surface area contributed by atoms with E-state index in [1.807, 2.05) is 45.0 Å². The van der Waals surface area contributed by atoms with Crippen LogP contribution in [0.25, 0.3) is 0 Å². The van der Waals surface area contributed by atoms with Gasteiger partial charge in [0.15, 0.2) is 0 Å². The van der Waals surface area contributed by atoms with Crippen molar-refractivity contribution in [2.45, 2.75) is 45.9 Å². The molecule has 1 aromatic carbocycles. The molecule has 1 aromatic rings. The Bertz CT molecular complexity index is 559. The van der Waals surface area contributed by atoms with Crippen LogP contribution in [0.3, 0.4) is 0 Å². The number of rotatable bonds is 4. The maximum atomic E-state index is 12.3. The monoisotopic (exact) mass is 305 g/mol. The number of carbonyl (C=O) groups excluding carboxylic acids is 2. The van der Waals surface area contributed by atoms with Gasteiger partial charge in [0.25, 0.3) is 0 Å². The van der Waals surface area contributed by atoms with Gasteiger partial charge in [0.2, 0.25) is 5.91 Å². The summed E-state index contributed by atoms with van der Waals surface area (Å²) in [6.45, 7) is 7.64. The van der Waals surface area contributed by atoms with Crippen molar-refractivity contribution in [3.63, 3.8) is 0 Å². The van der Waals surface area contributed by atoms with Crippen LogP contribution in [0.5, 0.6) is 5.75 Å². The first kappa shape index (κ1) is 16.3. The van der Waals surface area contributed by atoms with Gasteiger partial charge in [-0.1, -0.05) is 19.1 Å². The molecule has 0 unspecified atom stereocenters. The lowest BCUT2D eigenvalue weighted by Gasteiger charge is -2.44. The normalized spacial score (nSPS) is 21.3. The van der Waals surface area contributed by atoms with Gasteiger partial charge in [-0.25, -0.2) is 4.79 Å². The van der Waals surface area contributed by atoms with Crippen LogP contribution in [0, 0.1) is 5.92 Å². The van der Waals surface area contributed by atoms with Crippen LogP contribution in [0.4, 0.5) is 0 Å². The lowest BCUT2D eigenvalue weighted by atomic mass is 9.88. The Kier molecular flexibility index (Phi) is 4.44. The van der Waals surface area contributed by atoms with Gasteiger partial charge >= 0.3 is 5.97 Å². The lowest BCUT2D eigenvalue weighted by molar-refractivity contribution is -0.181. The molecule has 0 spiro atoms. The number of methoxy groups -OCH3 is 1. The van der Waals surface area contributed by atoms with E-state index in [1.54, 1.807) is 18.9 Å². The molecule has 0 N–H and O–H groups in total. The SMILES string of the molecule is COc1ccc(CN2C(=O)[C@@H](C)[C@H]2C(=O)OC(C)(C)C)cc1. The molecule has 1 aliphatic rings.